The van der Waals surface area contributed by atoms with Crippen LogP contribution in [0.3, 0.4) is 0 Å². The molecule has 3 heteroatoms. The van der Waals surface area contributed by atoms with Crippen LogP contribution >= 0.6 is 27.5 Å². The predicted molar refractivity (Wildman–Crippen MR) is 89.0 cm³/mol. The second kappa shape index (κ2) is 6.64. The normalized spacial score (nSPS) is 10.9. The molecule has 0 radical (unpaired) electrons. The van der Waals surface area contributed by atoms with Crippen LogP contribution in [-0.4, -0.2) is 0 Å². The molecule has 0 heterocycles. The van der Waals surface area contributed by atoms with Gasteiger partial charge in [0.15, 0.2) is 0 Å². The van der Waals surface area contributed by atoms with Crippen molar-refractivity contribution in [1.82, 2.24) is 0 Å². The standard InChI is InChI=1S/C17H18BrClO/c1-11(2)14-6-4-12(3)17(9-14)20-16-7-5-13(10-19)8-15(16)18/h4-9,11H,10H2,1-3H3. The van der Waals surface area contributed by atoms with Gasteiger partial charge >= 0.3 is 0 Å². The maximum absolute atomic E-state index is 6.04. The molecule has 0 spiro atoms. The highest BCUT2D eigenvalue weighted by Crippen LogP contribution is 2.33. The summed E-state index contributed by atoms with van der Waals surface area (Å²) in [5.74, 6) is 2.69. The molecule has 0 atom stereocenters. The SMILES string of the molecule is Cc1ccc(C(C)C)cc1Oc1ccc(CCl)cc1Br. The molecule has 0 fully saturated rings. The summed E-state index contributed by atoms with van der Waals surface area (Å²) in [6.45, 7) is 6.42. The quantitative estimate of drug-likeness (QED) is 0.577. The first-order chi connectivity index (χ1) is 9.51. The molecule has 0 saturated heterocycles. The Balaban J connectivity index is 2.32. The lowest BCUT2D eigenvalue weighted by Gasteiger charge is -2.14. The average molecular weight is 354 g/mol. The van der Waals surface area contributed by atoms with Crippen molar-refractivity contribution in [2.45, 2.75) is 32.6 Å². The first kappa shape index (κ1) is 15.4. The minimum absolute atomic E-state index is 0.486. The van der Waals surface area contributed by atoms with Crippen LogP contribution in [0.5, 0.6) is 11.5 Å². The Morgan fingerprint density at radius 2 is 1.85 bits per heavy atom. The molecule has 0 aliphatic rings. The number of halogens is 2. The van der Waals surface area contributed by atoms with E-state index in [4.69, 9.17) is 16.3 Å². The summed E-state index contributed by atoms with van der Waals surface area (Å²) in [5.41, 5.74) is 3.47. The highest BCUT2D eigenvalue weighted by molar-refractivity contribution is 9.10. The Bertz CT molecular complexity index is 608. The molecule has 0 aliphatic carbocycles. The summed E-state index contributed by atoms with van der Waals surface area (Å²) in [5, 5.41) is 0. The lowest BCUT2D eigenvalue weighted by Crippen LogP contribution is -1.93. The van der Waals surface area contributed by atoms with Gasteiger partial charge in [0.1, 0.15) is 11.5 Å². The lowest BCUT2D eigenvalue weighted by atomic mass is 10.0. The Labute approximate surface area is 134 Å². The molecule has 0 unspecified atom stereocenters. The van der Waals surface area contributed by atoms with Crippen LogP contribution in [0.15, 0.2) is 40.9 Å². The van der Waals surface area contributed by atoms with E-state index in [0.29, 0.717) is 11.8 Å². The van der Waals surface area contributed by atoms with E-state index in [1.165, 1.54) is 5.56 Å². The van der Waals surface area contributed by atoms with Gasteiger partial charge in [-0.05, 0) is 63.7 Å². The minimum atomic E-state index is 0.486. The highest BCUT2D eigenvalue weighted by Gasteiger charge is 2.08. The fraction of sp³-hybridized carbons (Fsp3) is 0.294. The van der Waals surface area contributed by atoms with Gasteiger partial charge in [0.25, 0.3) is 0 Å². The molecule has 0 amide bonds. The second-order valence-corrected chi connectivity index (χ2v) is 6.30. The number of ether oxygens (including phenoxy) is 1. The molecule has 0 N–H and O–H groups in total. The fourth-order valence-corrected chi connectivity index (χ4v) is 2.59. The smallest absolute Gasteiger partial charge is 0.141 e. The maximum Gasteiger partial charge on any atom is 0.141 e. The third kappa shape index (κ3) is 3.56. The molecule has 106 valence electrons. The summed E-state index contributed by atoms with van der Waals surface area (Å²) in [6.07, 6.45) is 0. The summed E-state index contributed by atoms with van der Waals surface area (Å²) >= 11 is 9.36. The maximum atomic E-state index is 6.04. The van der Waals surface area contributed by atoms with Crippen molar-refractivity contribution in [3.63, 3.8) is 0 Å². The van der Waals surface area contributed by atoms with Gasteiger partial charge in [-0.2, -0.15) is 0 Å². The minimum Gasteiger partial charge on any atom is -0.456 e. The zero-order valence-electron chi connectivity index (χ0n) is 11.9. The molecule has 0 bridgehead atoms. The lowest BCUT2D eigenvalue weighted by molar-refractivity contribution is 0.474. The van der Waals surface area contributed by atoms with Crippen molar-refractivity contribution in [3.05, 3.63) is 57.6 Å². The van der Waals surface area contributed by atoms with Gasteiger partial charge in [-0.3, -0.25) is 0 Å². The zero-order chi connectivity index (χ0) is 14.7. The topological polar surface area (TPSA) is 9.23 Å². The van der Waals surface area contributed by atoms with Crippen LogP contribution < -0.4 is 4.74 Å². The van der Waals surface area contributed by atoms with Gasteiger partial charge in [0.2, 0.25) is 0 Å². The fourth-order valence-electron chi connectivity index (χ4n) is 1.91. The van der Waals surface area contributed by atoms with Crippen molar-refractivity contribution in [1.29, 1.82) is 0 Å². The highest BCUT2D eigenvalue weighted by atomic mass is 79.9. The van der Waals surface area contributed by atoms with Crippen molar-refractivity contribution >= 4 is 27.5 Å². The van der Waals surface area contributed by atoms with Gasteiger partial charge in [0.05, 0.1) is 4.47 Å². The Morgan fingerprint density at radius 1 is 1.10 bits per heavy atom. The molecule has 0 aliphatic heterocycles. The first-order valence-electron chi connectivity index (χ1n) is 6.64. The van der Waals surface area contributed by atoms with Crippen LogP contribution in [0.1, 0.15) is 36.5 Å². The Morgan fingerprint density at radius 3 is 2.45 bits per heavy atom. The summed E-state index contributed by atoms with van der Waals surface area (Å²) in [6, 6.07) is 12.3. The molecule has 1 nitrogen and oxygen atoms in total. The summed E-state index contributed by atoms with van der Waals surface area (Å²) in [7, 11) is 0. The van der Waals surface area contributed by atoms with E-state index in [-0.39, 0.29) is 0 Å². The van der Waals surface area contributed by atoms with Crippen LogP contribution in [0.4, 0.5) is 0 Å². The van der Waals surface area contributed by atoms with Crippen LogP contribution in [0.2, 0.25) is 0 Å². The van der Waals surface area contributed by atoms with Crippen LogP contribution in [-0.2, 0) is 5.88 Å². The number of hydrogen-bond acceptors (Lipinski definition) is 1. The Hall–Kier alpha value is -0.990. The third-order valence-corrected chi connectivity index (χ3v) is 4.18. The molecule has 0 aromatic heterocycles. The monoisotopic (exact) mass is 352 g/mol. The molecule has 2 rings (SSSR count). The van der Waals surface area contributed by atoms with E-state index >= 15 is 0 Å². The number of rotatable bonds is 4. The van der Waals surface area contributed by atoms with E-state index in [1.54, 1.807) is 0 Å². The number of hydrogen-bond donors (Lipinski definition) is 0. The van der Waals surface area contributed by atoms with Crippen molar-refractivity contribution in [2.75, 3.05) is 0 Å². The Kier molecular flexibility index (Phi) is 5.11. The number of benzene rings is 2. The zero-order valence-corrected chi connectivity index (χ0v) is 14.3. The van der Waals surface area contributed by atoms with E-state index in [9.17, 15) is 0 Å². The molecule has 0 saturated carbocycles. The number of aryl methyl sites for hydroxylation is 1. The molecule has 20 heavy (non-hydrogen) atoms. The predicted octanol–water partition coefficient (Wildman–Crippen LogP) is 6.41. The van der Waals surface area contributed by atoms with Crippen LogP contribution in [0.25, 0.3) is 0 Å². The first-order valence-corrected chi connectivity index (χ1v) is 7.97. The molecular weight excluding hydrogens is 336 g/mol. The molecule has 2 aromatic carbocycles. The second-order valence-electron chi connectivity index (χ2n) is 5.18. The third-order valence-electron chi connectivity index (χ3n) is 3.25. The van der Waals surface area contributed by atoms with Crippen LogP contribution in [0, 0.1) is 6.92 Å². The van der Waals surface area contributed by atoms with E-state index in [2.05, 4.69) is 54.9 Å². The van der Waals surface area contributed by atoms with Gasteiger partial charge in [-0.25, -0.2) is 0 Å². The number of alkyl halides is 1. The van der Waals surface area contributed by atoms with E-state index in [0.717, 1.165) is 27.1 Å². The average Bonchev–Trinajstić information content (AvgIpc) is 2.42. The molecule has 2 aromatic rings. The molecular formula is C17H18BrClO. The van der Waals surface area contributed by atoms with Gasteiger partial charge in [-0.15, -0.1) is 11.6 Å². The largest absolute Gasteiger partial charge is 0.456 e. The van der Waals surface area contributed by atoms with E-state index < -0.39 is 0 Å². The van der Waals surface area contributed by atoms with Crippen molar-refractivity contribution in [3.8, 4) is 11.5 Å². The van der Waals surface area contributed by atoms with Crippen molar-refractivity contribution in [2.24, 2.45) is 0 Å². The summed E-state index contributed by atoms with van der Waals surface area (Å²) in [4.78, 5) is 0. The van der Waals surface area contributed by atoms with Gasteiger partial charge in [-0.1, -0.05) is 32.0 Å². The van der Waals surface area contributed by atoms with E-state index in [1.807, 2.05) is 18.2 Å². The summed E-state index contributed by atoms with van der Waals surface area (Å²) < 4.78 is 6.96. The van der Waals surface area contributed by atoms with Crippen molar-refractivity contribution < 1.29 is 4.74 Å². The van der Waals surface area contributed by atoms with Gasteiger partial charge < -0.3 is 4.74 Å². The van der Waals surface area contributed by atoms with Gasteiger partial charge in [0, 0.05) is 5.88 Å².